The smallest absolute Gasteiger partial charge is 0.261 e. The number of sulfonamides is 1. The molecule has 33 heavy (non-hydrogen) atoms. The largest absolute Gasteiger partial charge is 0.501 e. The van der Waals surface area contributed by atoms with Crippen LogP contribution in [-0.2, 0) is 19.6 Å². The van der Waals surface area contributed by atoms with Crippen LogP contribution in [0.1, 0.15) is 31.7 Å². The number of ether oxygens (including phenoxy) is 1. The Hall–Kier alpha value is -3.10. The minimum absolute atomic E-state index is 0.0885. The Morgan fingerprint density at radius 2 is 1.91 bits per heavy atom. The summed E-state index contributed by atoms with van der Waals surface area (Å²) in [7, 11) is -2.10. The van der Waals surface area contributed by atoms with Gasteiger partial charge in [0.25, 0.3) is 10.0 Å². The van der Waals surface area contributed by atoms with Gasteiger partial charge in [0.15, 0.2) is 0 Å². The molecule has 0 fully saturated rings. The SMILES string of the molecule is COC1=CC=C(C2CC(c3ccc(NS(=O)(=O)c4cccc(Cl)c4)cc3)=NN2C(C)=O)CC1. The summed E-state index contributed by atoms with van der Waals surface area (Å²) >= 11 is 5.92. The van der Waals surface area contributed by atoms with E-state index in [1.165, 1.54) is 24.1 Å². The fourth-order valence-corrected chi connectivity index (χ4v) is 5.28. The lowest BCUT2D eigenvalue weighted by Crippen LogP contribution is -2.32. The second-order valence-corrected chi connectivity index (χ2v) is 9.97. The van der Waals surface area contributed by atoms with Crippen molar-refractivity contribution >= 4 is 38.9 Å². The number of nitrogens with one attached hydrogen (secondary N) is 1. The summed E-state index contributed by atoms with van der Waals surface area (Å²) in [6, 6.07) is 12.9. The lowest BCUT2D eigenvalue weighted by Gasteiger charge is -2.25. The Bertz CT molecular complexity index is 1270. The molecule has 1 amide bonds. The number of methoxy groups -OCH3 is 1. The first-order valence-corrected chi connectivity index (χ1v) is 12.3. The predicted molar refractivity (Wildman–Crippen MR) is 129 cm³/mol. The van der Waals surface area contributed by atoms with Crippen LogP contribution < -0.4 is 4.72 Å². The van der Waals surface area contributed by atoms with E-state index in [0.717, 1.165) is 35.4 Å². The molecule has 1 aliphatic carbocycles. The van der Waals surface area contributed by atoms with Crippen LogP contribution in [0, 0.1) is 0 Å². The van der Waals surface area contributed by atoms with Crippen molar-refractivity contribution in [3.63, 3.8) is 0 Å². The highest BCUT2D eigenvalue weighted by Crippen LogP contribution is 2.31. The molecule has 2 aromatic carbocycles. The number of carbonyl (C=O) groups excluding carboxylic acids is 1. The number of benzene rings is 2. The summed E-state index contributed by atoms with van der Waals surface area (Å²) in [6.07, 6.45) is 6.14. The molecule has 0 radical (unpaired) electrons. The van der Waals surface area contributed by atoms with Gasteiger partial charge in [0.2, 0.25) is 5.91 Å². The Kier molecular flexibility index (Phi) is 6.58. The Morgan fingerprint density at radius 3 is 2.52 bits per heavy atom. The standard InChI is InChI=1S/C24H24ClN3O4S/c1-16(29)28-24(18-8-12-21(32-2)13-9-18)15-23(26-28)17-6-10-20(11-7-17)27-33(30,31)22-5-3-4-19(25)14-22/h3-8,10-12,14,24,27H,9,13,15H2,1-2H3. The molecule has 0 spiro atoms. The van der Waals surface area contributed by atoms with Crippen LogP contribution in [0.25, 0.3) is 0 Å². The lowest BCUT2D eigenvalue weighted by molar-refractivity contribution is -0.129. The van der Waals surface area contributed by atoms with E-state index in [1.807, 2.05) is 12.2 Å². The molecule has 1 unspecified atom stereocenters. The molecule has 1 aliphatic heterocycles. The molecule has 2 aliphatic rings. The van der Waals surface area contributed by atoms with E-state index in [0.29, 0.717) is 17.1 Å². The molecular formula is C24H24ClN3O4S. The molecule has 1 N–H and O–H groups in total. The van der Waals surface area contributed by atoms with Gasteiger partial charge in [-0.2, -0.15) is 5.10 Å². The van der Waals surface area contributed by atoms with E-state index in [1.54, 1.807) is 43.5 Å². The van der Waals surface area contributed by atoms with Crippen molar-refractivity contribution in [2.75, 3.05) is 11.8 Å². The van der Waals surface area contributed by atoms with Crippen LogP contribution in [0.2, 0.25) is 5.02 Å². The number of nitrogens with zero attached hydrogens (tertiary/aromatic N) is 2. The van der Waals surface area contributed by atoms with Crippen molar-refractivity contribution in [1.29, 1.82) is 0 Å². The van der Waals surface area contributed by atoms with E-state index in [-0.39, 0.29) is 16.8 Å². The van der Waals surface area contributed by atoms with Gasteiger partial charge in [0, 0.05) is 30.5 Å². The average molecular weight is 486 g/mol. The van der Waals surface area contributed by atoms with Gasteiger partial charge >= 0.3 is 0 Å². The van der Waals surface area contributed by atoms with Crippen molar-refractivity contribution < 1.29 is 17.9 Å². The first kappa shape index (κ1) is 23.1. The van der Waals surface area contributed by atoms with Crippen LogP contribution in [0.5, 0.6) is 0 Å². The first-order valence-electron chi connectivity index (χ1n) is 10.5. The highest BCUT2D eigenvalue weighted by atomic mass is 35.5. The van der Waals surface area contributed by atoms with Gasteiger partial charge in [-0.1, -0.05) is 35.9 Å². The number of hydrogen-bond donors (Lipinski definition) is 1. The van der Waals surface area contributed by atoms with E-state index < -0.39 is 10.0 Å². The zero-order valence-electron chi connectivity index (χ0n) is 18.3. The third-order valence-electron chi connectivity index (χ3n) is 5.64. The number of hydrogen-bond acceptors (Lipinski definition) is 5. The topological polar surface area (TPSA) is 88.1 Å². The Balaban J connectivity index is 1.52. The van der Waals surface area contributed by atoms with Gasteiger partial charge in [-0.15, -0.1) is 0 Å². The molecule has 0 saturated carbocycles. The summed E-state index contributed by atoms with van der Waals surface area (Å²) in [5.41, 5.74) is 3.17. The van der Waals surface area contributed by atoms with Crippen LogP contribution >= 0.6 is 11.6 Å². The van der Waals surface area contributed by atoms with Gasteiger partial charge in [-0.25, -0.2) is 13.4 Å². The molecule has 1 atom stereocenters. The fourth-order valence-electron chi connectivity index (χ4n) is 3.92. The molecule has 0 bridgehead atoms. The van der Waals surface area contributed by atoms with E-state index in [2.05, 4.69) is 9.82 Å². The lowest BCUT2D eigenvalue weighted by atomic mass is 9.92. The van der Waals surface area contributed by atoms with Crippen molar-refractivity contribution in [2.45, 2.75) is 37.1 Å². The van der Waals surface area contributed by atoms with Gasteiger partial charge < -0.3 is 4.74 Å². The third-order valence-corrected chi connectivity index (χ3v) is 7.26. The molecule has 0 aromatic heterocycles. The molecule has 1 heterocycles. The van der Waals surface area contributed by atoms with Gasteiger partial charge in [0.05, 0.1) is 29.5 Å². The minimum Gasteiger partial charge on any atom is -0.501 e. The Labute approximate surface area is 198 Å². The first-order chi connectivity index (χ1) is 15.8. The summed E-state index contributed by atoms with van der Waals surface area (Å²) in [4.78, 5) is 12.3. The normalized spacial score (nSPS) is 18.3. The maximum absolute atomic E-state index is 12.6. The van der Waals surface area contributed by atoms with Gasteiger partial charge in [0.1, 0.15) is 0 Å². The number of hydrazone groups is 1. The molecule has 172 valence electrons. The highest BCUT2D eigenvalue weighted by molar-refractivity contribution is 7.92. The van der Waals surface area contributed by atoms with Crippen LogP contribution in [0.4, 0.5) is 5.69 Å². The van der Waals surface area contributed by atoms with Gasteiger partial charge in [-0.05, 0) is 54.0 Å². The second kappa shape index (κ2) is 9.41. The quantitative estimate of drug-likeness (QED) is 0.641. The molecule has 0 saturated heterocycles. The Morgan fingerprint density at radius 1 is 1.15 bits per heavy atom. The summed E-state index contributed by atoms with van der Waals surface area (Å²) in [5.74, 6) is 0.798. The number of allylic oxidation sites excluding steroid dienone is 3. The second-order valence-electron chi connectivity index (χ2n) is 7.85. The number of carbonyl (C=O) groups is 1. The number of anilines is 1. The number of halogens is 1. The molecule has 2 aromatic rings. The zero-order valence-corrected chi connectivity index (χ0v) is 19.9. The fraction of sp³-hybridized carbons (Fsp3) is 0.250. The summed E-state index contributed by atoms with van der Waals surface area (Å²) in [5, 5.41) is 6.45. The summed E-state index contributed by atoms with van der Waals surface area (Å²) in [6.45, 7) is 1.51. The highest BCUT2D eigenvalue weighted by Gasteiger charge is 2.33. The van der Waals surface area contributed by atoms with Crippen LogP contribution in [0.15, 0.2) is 82.0 Å². The van der Waals surface area contributed by atoms with Gasteiger partial charge in [-0.3, -0.25) is 9.52 Å². The predicted octanol–water partition coefficient (Wildman–Crippen LogP) is 4.72. The third kappa shape index (κ3) is 5.12. The van der Waals surface area contributed by atoms with Crippen LogP contribution in [-0.4, -0.2) is 38.2 Å². The van der Waals surface area contributed by atoms with Crippen molar-refractivity contribution in [1.82, 2.24) is 5.01 Å². The van der Waals surface area contributed by atoms with Crippen molar-refractivity contribution in [3.8, 4) is 0 Å². The zero-order chi connectivity index (χ0) is 23.6. The van der Waals surface area contributed by atoms with Crippen molar-refractivity contribution in [3.05, 3.63) is 82.6 Å². The minimum atomic E-state index is -3.76. The van der Waals surface area contributed by atoms with E-state index >= 15 is 0 Å². The molecule has 9 heteroatoms. The summed E-state index contributed by atoms with van der Waals surface area (Å²) < 4.78 is 33.1. The van der Waals surface area contributed by atoms with Crippen LogP contribution in [0.3, 0.4) is 0 Å². The maximum atomic E-state index is 12.6. The monoisotopic (exact) mass is 485 g/mol. The molecule has 7 nitrogen and oxygen atoms in total. The number of amides is 1. The molecular weight excluding hydrogens is 462 g/mol. The maximum Gasteiger partial charge on any atom is 0.261 e. The molecule has 4 rings (SSSR count). The van der Waals surface area contributed by atoms with E-state index in [9.17, 15) is 13.2 Å². The van der Waals surface area contributed by atoms with E-state index in [4.69, 9.17) is 16.3 Å². The van der Waals surface area contributed by atoms with Crippen molar-refractivity contribution in [2.24, 2.45) is 5.10 Å². The number of rotatable bonds is 6. The average Bonchev–Trinajstić information content (AvgIpc) is 3.25.